The zero-order valence-electron chi connectivity index (χ0n) is 5.93. The lowest BCUT2D eigenvalue weighted by atomic mass is 10.4. The first kappa shape index (κ1) is 8.88. The molecule has 0 aliphatic rings. The number of aliphatic hydroxyl groups is 1. The van der Waals surface area contributed by atoms with Gasteiger partial charge in [-0.3, -0.25) is 0 Å². The smallest absolute Gasteiger partial charge is 0.0636 e. The number of nitrogens with two attached hydrogens (primary N) is 1. The molecule has 0 unspecified atom stereocenters. The summed E-state index contributed by atoms with van der Waals surface area (Å²) in [4.78, 5) is 0. The fourth-order valence-electron chi connectivity index (χ4n) is 0.538. The Morgan fingerprint density at radius 1 is 1.67 bits per heavy atom. The molecule has 56 valence electrons. The van der Waals surface area contributed by atoms with Crippen LogP contribution in [0.15, 0.2) is 0 Å². The molecule has 0 radical (unpaired) electrons. The maximum atomic E-state index is 8.76. The molecule has 0 rings (SSSR count). The first-order valence-corrected chi connectivity index (χ1v) is 3.36. The van der Waals surface area contributed by atoms with Crippen LogP contribution in [-0.4, -0.2) is 30.8 Å². The molecule has 0 spiro atoms. The van der Waals surface area contributed by atoms with Crippen molar-refractivity contribution in [3.05, 3.63) is 0 Å². The summed E-state index contributed by atoms with van der Waals surface area (Å²) in [5.74, 6) is 0. The first-order valence-electron chi connectivity index (χ1n) is 3.36. The van der Waals surface area contributed by atoms with Crippen molar-refractivity contribution in [1.29, 1.82) is 0 Å². The van der Waals surface area contributed by atoms with Crippen LogP contribution in [0.2, 0.25) is 0 Å². The average Bonchev–Trinajstić information content (AvgIpc) is 1.80. The van der Waals surface area contributed by atoms with Gasteiger partial charge < -0.3 is 16.2 Å². The maximum Gasteiger partial charge on any atom is 0.0636 e. The molecule has 0 fully saturated rings. The molecule has 0 saturated carbocycles. The highest BCUT2D eigenvalue weighted by Crippen LogP contribution is 1.75. The molecule has 0 aromatic rings. The molecule has 0 aliphatic heterocycles. The molecule has 0 saturated heterocycles. The number of aliphatic hydroxyl groups excluding tert-OH is 1. The van der Waals surface area contributed by atoms with Crippen LogP contribution in [-0.2, 0) is 0 Å². The van der Waals surface area contributed by atoms with E-state index in [4.69, 9.17) is 10.8 Å². The summed E-state index contributed by atoms with van der Waals surface area (Å²) >= 11 is 0. The highest BCUT2D eigenvalue weighted by Gasteiger charge is 1.91. The van der Waals surface area contributed by atoms with E-state index in [0.717, 1.165) is 13.0 Å². The summed E-state index contributed by atoms with van der Waals surface area (Å²) in [5, 5.41) is 11.8. The van der Waals surface area contributed by atoms with E-state index in [1.807, 2.05) is 0 Å². The Morgan fingerprint density at radius 2 is 2.33 bits per heavy atom. The fourth-order valence-corrected chi connectivity index (χ4v) is 0.538. The van der Waals surface area contributed by atoms with Crippen molar-refractivity contribution >= 4 is 0 Å². The second-order valence-corrected chi connectivity index (χ2v) is 2.20. The van der Waals surface area contributed by atoms with Crippen molar-refractivity contribution in [3.63, 3.8) is 0 Å². The van der Waals surface area contributed by atoms with Crippen LogP contribution >= 0.6 is 0 Å². The van der Waals surface area contributed by atoms with E-state index < -0.39 is 0 Å². The van der Waals surface area contributed by atoms with Crippen LogP contribution < -0.4 is 11.1 Å². The zero-order chi connectivity index (χ0) is 7.11. The van der Waals surface area contributed by atoms with Crippen molar-refractivity contribution in [2.45, 2.75) is 19.4 Å². The molecule has 0 aromatic heterocycles. The largest absolute Gasteiger partial charge is 0.392 e. The molecular weight excluding hydrogens is 116 g/mol. The molecule has 3 nitrogen and oxygen atoms in total. The Bertz CT molecular complexity index is 57.0. The van der Waals surface area contributed by atoms with Crippen LogP contribution in [0.1, 0.15) is 13.3 Å². The number of hydrogen-bond acceptors (Lipinski definition) is 3. The van der Waals surface area contributed by atoms with Gasteiger partial charge in [0.05, 0.1) is 6.10 Å². The van der Waals surface area contributed by atoms with Crippen molar-refractivity contribution in [2.75, 3.05) is 19.6 Å². The summed E-state index contributed by atoms with van der Waals surface area (Å²) < 4.78 is 0. The second-order valence-electron chi connectivity index (χ2n) is 2.20. The van der Waals surface area contributed by atoms with E-state index in [1.165, 1.54) is 0 Å². The normalized spacial score (nSPS) is 13.7. The van der Waals surface area contributed by atoms with Crippen LogP contribution in [0, 0.1) is 0 Å². The topological polar surface area (TPSA) is 58.3 Å². The van der Waals surface area contributed by atoms with Gasteiger partial charge in [-0.05, 0) is 26.4 Å². The monoisotopic (exact) mass is 132 g/mol. The van der Waals surface area contributed by atoms with Crippen LogP contribution in [0.5, 0.6) is 0 Å². The van der Waals surface area contributed by atoms with Crippen LogP contribution in [0.4, 0.5) is 0 Å². The zero-order valence-corrected chi connectivity index (χ0v) is 5.93. The van der Waals surface area contributed by atoms with Gasteiger partial charge >= 0.3 is 0 Å². The Balaban J connectivity index is 2.75. The van der Waals surface area contributed by atoms with Gasteiger partial charge in [-0.15, -0.1) is 0 Å². The maximum absolute atomic E-state index is 8.76. The molecule has 0 amide bonds. The Morgan fingerprint density at radius 3 is 2.78 bits per heavy atom. The fraction of sp³-hybridized carbons (Fsp3) is 1.00. The lowest BCUT2D eigenvalue weighted by molar-refractivity contribution is 0.191. The standard InChI is InChI=1S/C6H16N2O/c1-6(9)5-8-4-2-3-7/h6,8-9H,2-5,7H2,1H3/t6-/m0/s1. The van der Waals surface area contributed by atoms with Gasteiger partial charge in [-0.2, -0.15) is 0 Å². The van der Waals surface area contributed by atoms with Crippen molar-refractivity contribution in [3.8, 4) is 0 Å². The molecular formula is C6H16N2O. The third-order valence-corrected chi connectivity index (χ3v) is 0.997. The van der Waals surface area contributed by atoms with E-state index in [2.05, 4.69) is 5.32 Å². The minimum atomic E-state index is -0.247. The summed E-state index contributed by atoms with van der Waals surface area (Å²) in [5.41, 5.74) is 5.24. The second kappa shape index (κ2) is 6.01. The summed E-state index contributed by atoms with van der Waals surface area (Å²) in [6, 6.07) is 0. The van der Waals surface area contributed by atoms with Crippen molar-refractivity contribution < 1.29 is 5.11 Å². The highest BCUT2D eigenvalue weighted by molar-refractivity contribution is 4.52. The van der Waals surface area contributed by atoms with Crippen LogP contribution in [0.3, 0.4) is 0 Å². The van der Waals surface area contributed by atoms with E-state index in [1.54, 1.807) is 6.92 Å². The van der Waals surface area contributed by atoms with Gasteiger partial charge in [0.15, 0.2) is 0 Å². The highest BCUT2D eigenvalue weighted by atomic mass is 16.3. The summed E-state index contributed by atoms with van der Waals surface area (Å²) in [6.07, 6.45) is 0.731. The molecule has 9 heavy (non-hydrogen) atoms. The lowest BCUT2D eigenvalue weighted by Crippen LogP contribution is -2.26. The molecule has 0 bridgehead atoms. The van der Waals surface area contributed by atoms with Gasteiger partial charge in [-0.25, -0.2) is 0 Å². The minimum Gasteiger partial charge on any atom is -0.392 e. The van der Waals surface area contributed by atoms with Gasteiger partial charge in [0.25, 0.3) is 0 Å². The van der Waals surface area contributed by atoms with Crippen LogP contribution in [0.25, 0.3) is 0 Å². The molecule has 0 heterocycles. The van der Waals surface area contributed by atoms with E-state index >= 15 is 0 Å². The van der Waals surface area contributed by atoms with Gasteiger partial charge in [0.2, 0.25) is 0 Å². The predicted molar refractivity (Wildman–Crippen MR) is 38.2 cm³/mol. The summed E-state index contributed by atoms with van der Waals surface area (Å²) in [7, 11) is 0. The molecule has 3 heteroatoms. The van der Waals surface area contributed by atoms with Gasteiger partial charge in [0, 0.05) is 6.54 Å². The first-order chi connectivity index (χ1) is 4.27. The quantitative estimate of drug-likeness (QED) is 0.434. The van der Waals surface area contributed by atoms with E-state index in [0.29, 0.717) is 13.1 Å². The van der Waals surface area contributed by atoms with Gasteiger partial charge in [0.1, 0.15) is 0 Å². The number of hydrogen-bond donors (Lipinski definition) is 3. The lowest BCUT2D eigenvalue weighted by Gasteiger charge is -2.04. The predicted octanol–water partition coefficient (Wildman–Crippen LogP) is -0.694. The number of nitrogens with one attached hydrogen (secondary N) is 1. The van der Waals surface area contributed by atoms with E-state index in [9.17, 15) is 0 Å². The number of rotatable bonds is 5. The third kappa shape index (κ3) is 7.88. The molecule has 4 N–H and O–H groups in total. The molecule has 0 aromatic carbocycles. The molecule has 0 aliphatic carbocycles. The average molecular weight is 132 g/mol. The Kier molecular flexibility index (Phi) is 5.93. The minimum absolute atomic E-state index is 0.247. The van der Waals surface area contributed by atoms with E-state index in [-0.39, 0.29) is 6.10 Å². The molecule has 1 atom stereocenters. The van der Waals surface area contributed by atoms with Crippen molar-refractivity contribution in [2.24, 2.45) is 5.73 Å². The SMILES string of the molecule is C[C@H](O)CNCCCN. The van der Waals surface area contributed by atoms with Gasteiger partial charge in [-0.1, -0.05) is 0 Å². The Hall–Kier alpha value is -0.120. The third-order valence-electron chi connectivity index (χ3n) is 0.997. The Labute approximate surface area is 56.2 Å². The van der Waals surface area contributed by atoms with Crippen molar-refractivity contribution in [1.82, 2.24) is 5.32 Å². The summed E-state index contributed by atoms with van der Waals surface area (Å²) in [6.45, 7) is 4.05.